The number of piperazine rings is 1. The first-order valence-electron chi connectivity index (χ1n) is 11.2. The molecular formula is C21H34N4O2S. The van der Waals surface area contributed by atoms with Crippen LogP contribution in [0.1, 0.15) is 50.4 Å². The molecule has 4 aliphatic carbocycles. The lowest BCUT2D eigenvalue weighted by Gasteiger charge is -2.58. The van der Waals surface area contributed by atoms with Gasteiger partial charge in [-0.1, -0.05) is 0 Å². The van der Waals surface area contributed by atoms with E-state index in [0.29, 0.717) is 36.3 Å². The molecule has 1 aromatic heterocycles. The Balaban J connectivity index is 1.30. The predicted molar refractivity (Wildman–Crippen MR) is 109 cm³/mol. The third kappa shape index (κ3) is 2.88. The molecular weight excluding hydrogens is 372 g/mol. The number of nitrogens with zero attached hydrogens (tertiary/aromatic N) is 4. The highest BCUT2D eigenvalue weighted by atomic mass is 32.2. The Kier molecular flexibility index (Phi) is 4.64. The first-order chi connectivity index (χ1) is 13.4. The molecule has 7 heteroatoms. The van der Waals surface area contributed by atoms with Gasteiger partial charge in [0.15, 0.2) is 0 Å². The molecule has 156 valence electrons. The van der Waals surface area contributed by atoms with E-state index in [1.807, 2.05) is 20.8 Å². The van der Waals surface area contributed by atoms with E-state index in [2.05, 4.69) is 10.00 Å². The van der Waals surface area contributed by atoms with Crippen molar-refractivity contribution in [3.63, 3.8) is 0 Å². The van der Waals surface area contributed by atoms with Gasteiger partial charge in [0, 0.05) is 38.8 Å². The van der Waals surface area contributed by atoms with E-state index in [0.717, 1.165) is 42.5 Å². The topological polar surface area (TPSA) is 58.4 Å². The molecule has 0 radical (unpaired) electrons. The van der Waals surface area contributed by atoms with Gasteiger partial charge in [0.05, 0.1) is 11.4 Å². The molecule has 0 N–H and O–H groups in total. The molecule has 0 unspecified atom stereocenters. The Labute approximate surface area is 169 Å². The summed E-state index contributed by atoms with van der Waals surface area (Å²) in [6.07, 6.45) is 7.17. The van der Waals surface area contributed by atoms with Crippen molar-refractivity contribution in [3.8, 4) is 0 Å². The van der Waals surface area contributed by atoms with Crippen molar-refractivity contribution in [2.45, 2.75) is 70.4 Å². The van der Waals surface area contributed by atoms with Gasteiger partial charge in [0.2, 0.25) is 10.0 Å². The third-order valence-corrected chi connectivity index (χ3v) is 10.2. The fourth-order valence-corrected chi connectivity index (χ4v) is 9.02. The zero-order valence-electron chi connectivity index (χ0n) is 17.5. The SMILES string of the molecule is CCn1nc(C)c(S(=O)(=O)N2CCN(C3C4CC5CC(C4)CC3C5)CC2)c1C. The molecule has 0 amide bonds. The minimum Gasteiger partial charge on any atom is -0.297 e. The van der Waals surface area contributed by atoms with Crippen LogP contribution in [-0.2, 0) is 16.6 Å². The first-order valence-corrected chi connectivity index (χ1v) is 12.6. The second kappa shape index (κ2) is 6.81. The number of aryl methyl sites for hydroxylation is 2. The largest absolute Gasteiger partial charge is 0.297 e. The quantitative estimate of drug-likeness (QED) is 0.771. The summed E-state index contributed by atoms with van der Waals surface area (Å²) in [7, 11) is -3.46. The molecule has 2 heterocycles. The van der Waals surface area contributed by atoms with Gasteiger partial charge in [-0.15, -0.1) is 0 Å². The fourth-order valence-electron chi connectivity index (χ4n) is 7.23. The van der Waals surface area contributed by atoms with Gasteiger partial charge < -0.3 is 0 Å². The Morgan fingerprint density at radius 2 is 1.50 bits per heavy atom. The summed E-state index contributed by atoms with van der Waals surface area (Å²) >= 11 is 0. The molecule has 0 atom stereocenters. The molecule has 1 aromatic rings. The van der Waals surface area contributed by atoms with Crippen LogP contribution in [0.3, 0.4) is 0 Å². The van der Waals surface area contributed by atoms with Crippen LogP contribution in [0, 0.1) is 37.5 Å². The Morgan fingerprint density at radius 1 is 0.929 bits per heavy atom. The van der Waals surface area contributed by atoms with Crippen LogP contribution in [0.2, 0.25) is 0 Å². The van der Waals surface area contributed by atoms with Gasteiger partial charge >= 0.3 is 0 Å². The molecule has 0 aromatic carbocycles. The molecule has 28 heavy (non-hydrogen) atoms. The lowest BCUT2D eigenvalue weighted by molar-refractivity contribution is -0.0720. The maximum Gasteiger partial charge on any atom is 0.246 e. The lowest BCUT2D eigenvalue weighted by Crippen LogP contribution is -2.60. The number of aromatic nitrogens is 2. The smallest absolute Gasteiger partial charge is 0.246 e. The number of hydrogen-bond acceptors (Lipinski definition) is 4. The summed E-state index contributed by atoms with van der Waals surface area (Å²) < 4.78 is 30.2. The van der Waals surface area contributed by atoms with Crippen molar-refractivity contribution in [1.29, 1.82) is 0 Å². The van der Waals surface area contributed by atoms with Crippen molar-refractivity contribution >= 4 is 10.0 Å². The monoisotopic (exact) mass is 406 g/mol. The average Bonchev–Trinajstić information content (AvgIpc) is 2.95. The van der Waals surface area contributed by atoms with E-state index in [9.17, 15) is 8.42 Å². The average molecular weight is 407 g/mol. The number of rotatable bonds is 4. The summed E-state index contributed by atoms with van der Waals surface area (Å²) in [4.78, 5) is 3.08. The van der Waals surface area contributed by atoms with Gasteiger partial charge in [-0.25, -0.2) is 8.42 Å². The van der Waals surface area contributed by atoms with Crippen molar-refractivity contribution in [2.75, 3.05) is 26.2 Å². The molecule has 0 spiro atoms. The first kappa shape index (κ1) is 19.1. The van der Waals surface area contributed by atoms with E-state index in [4.69, 9.17) is 0 Å². The van der Waals surface area contributed by atoms with E-state index < -0.39 is 10.0 Å². The van der Waals surface area contributed by atoms with Crippen LogP contribution < -0.4 is 0 Å². The van der Waals surface area contributed by atoms with Crippen LogP contribution in [0.4, 0.5) is 0 Å². The van der Waals surface area contributed by atoms with Crippen LogP contribution in [0.5, 0.6) is 0 Å². The predicted octanol–water partition coefficient (Wildman–Crippen LogP) is 2.65. The lowest BCUT2D eigenvalue weighted by atomic mass is 9.54. The molecule has 1 saturated heterocycles. The Hall–Kier alpha value is -0.920. The fraction of sp³-hybridized carbons (Fsp3) is 0.857. The summed E-state index contributed by atoms with van der Waals surface area (Å²) in [5.74, 6) is 3.71. The molecule has 5 aliphatic rings. The highest BCUT2D eigenvalue weighted by molar-refractivity contribution is 7.89. The summed E-state index contributed by atoms with van der Waals surface area (Å²) in [5, 5.41) is 4.43. The van der Waals surface area contributed by atoms with Gasteiger partial charge in [-0.3, -0.25) is 9.58 Å². The number of sulfonamides is 1. The standard InChI is InChI=1S/C21H34N4O2S/c1-4-25-15(3)21(14(2)22-25)28(26,27)24-7-5-23(6-8-24)20-18-10-16-9-17(12-18)13-19(20)11-16/h16-20H,4-13H2,1-3H3. The van der Waals surface area contributed by atoms with E-state index in [1.54, 1.807) is 8.99 Å². The second-order valence-electron chi connectivity index (χ2n) is 9.68. The van der Waals surface area contributed by atoms with E-state index in [1.165, 1.54) is 32.1 Å². The summed E-state index contributed by atoms with van der Waals surface area (Å²) in [6.45, 7) is 9.38. The molecule has 6 rings (SSSR count). The minimum absolute atomic E-state index is 0.428. The highest BCUT2D eigenvalue weighted by Gasteiger charge is 2.50. The third-order valence-electron chi connectivity index (χ3n) is 8.08. The van der Waals surface area contributed by atoms with Crippen molar-refractivity contribution in [1.82, 2.24) is 19.0 Å². The van der Waals surface area contributed by atoms with Crippen LogP contribution in [0.15, 0.2) is 4.90 Å². The molecule has 4 bridgehead atoms. The van der Waals surface area contributed by atoms with Crippen LogP contribution in [-0.4, -0.2) is 59.6 Å². The van der Waals surface area contributed by atoms with Crippen molar-refractivity contribution < 1.29 is 8.42 Å². The second-order valence-corrected chi connectivity index (χ2v) is 11.6. The van der Waals surface area contributed by atoms with Crippen molar-refractivity contribution in [3.05, 3.63) is 11.4 Å². The Morgan fingerprint density at radius 3 is 2.00 bits per heavy atom. The van der Waals surface area contributed by atoms with Gasteiger partial charge in [0.1, 0.15) is 4.90 Å². The highest BCUT2D eigenvalue weighted by Crippen LogP contribution is 2.55. The van der Waals surface area contributed by atoms with Crippen LogP contribution in [0.25, 0.3) is 0 Å². The molecule has 6 nitrogen and oxygen atoms in total. The summed E-state index contributed by atoms with van der Waals surface area (Å²) in [6, 6.07) is 0.712. The molecule has 4 saturated carbocycles. The molecule has 5 fully saturated rings. The maximum atomic E-state index is 13.3. The van der Waals surface area contributed by atoms with Crippen LogP contribution >= 0.6 is 0 Å². The van der Waals surface area contributed by atoms with E-state index in [-0.39, 0.29) is 0 Å². The maximum absolute atomic E-state index is 13.3. The molecule has 1 aliphatic heterocycles. The van der Waals surface area contributed by atoms with Gasteiger partial charge in [-0.05, 0) is 76.5 Å². The zero-order valence-corrected chi connectivity index (χ0v) is 18.3. The Bertz CT molecular complexity index is 826. The number of hydrogen-bond donors (Lipinski definition) is 0. The summed E-state index contributed by atoms with van der Waals surface area (Å²) in [5.41, 5.74) is 1.39. The minimum atomic E-state index is -3.46. The van der Waals surface area contributed by atoms with Gasteiger partial charge in [-0.2, -0.15) is 9.40 Å². The van der Waals surface area contributed by atoms with E-state index >= 15 is 0 Å². The normalized spacial score (nSPS) is 36.3. The van der Waals surface area contributed by atoms with Crippen molar-refractivity contribution in [2.24, 2.45) is 23.7 Å². The zero-order chi connectivity index (χ0) is 19.6. The van der Waals surface area contributed by atoms with Gasteiger partial charge in [0.25, 0.3) is 0 Å².